The van der Waals surface area contributed by atoms with Crippen molar-refractivity contribution in [1.82, 2.24) is 20.2 Å². The third kappa shape index (κ3) is 5.64. The number of amides is 2. The molecule has 9 heteroatoms. The van der Waals surface area contributed by atoms with Gasteiger partial charge in [-0.25, -0.2) is 4.98 Å². The first kappa shape index (κ1) is 19.1. The highest BCUT2D eigenvalue weighted by atomic mass is 79.9. The molecular weight excluding hydrogens is 392 g/mol. The fourth-order valence-corrected chi connectivity index (χ4v) is 2.50. The van der Waals surface area contributed by atoms with E-state index in [1.165, 1.54) is 18.0 Å². The molecule has 8 nitrogen and oxygen atoms in total. The van der Waals surface area contributed by atoms with Gasteiger partial charge in [0.05, 0.1) is 30.4 Å². The molecule has 0 radical (unpaired) electrons. The Morgan fingerprint density at radius 3 is 2.84 bits per heavy atom. The molecule has 0 atom stereocenters. The molecule has 2 amide bonds. The van der Waals surface area contributed by atoms with Crippen molar-refractivity contribution in [1.29, 1.82) is 0 Å². The van der Waals surface area contributed by atoms with E-state index >= 15 is 0 Å². The maximum absolute atomic E-state index is 12.4. The molecule has 25 heavy (non-hydrogen) atoms. The number of carbonyl (C=O) groups excluding carboxylic acids is 2. The van der Waals surface area contributed by atoms with E-state index in [2.05, 4.69) is 31.5 Å². The minimum absolute atomic E-state index is 0.0758. The van der Waals surface area contributed by atoms with E-state index in [0.29, 0.717) is 24.1 Å². The third-order valence-electron chi connectivity index (χ3n) is 3.44. The number of fused-ring (bicyclic) bond motifs is 1. The van der Waals surface area contributed by atoms with E-state index in [1.807, 2.05) is 6.07 Å². The Bertz CT molecular complexity index is 821. The number of benzene rings is 1. The molecule has 0 bridgehead atoms. The van der Waals surface area contributed by atoms with Crippen LogP contribution in [0, 0.1) is 0 Å². The average molecular weight is 411 g/mol. The standard InChI is InChI=1S/C16H19BrN4O4/c1-25-7-5-18-15(23)9-19-14(22)4-6-21-10-20-13-3-2-11(17)8-12(13)16(21)24/h2-3,8,10H,4-7,9H2,1H3,(H,18,23)(H,19,22). The monoisotopic (exact) mass is 410 g/mol. The van der Waals surface area contributed by atoms with Gasteiger partial charge in [0.1, 0.15) is 0 Å². The predicted octanol–water partition coefficient (Wildman–Crippen LogP) is 0.428. The molecule has 0 aliphatic heterocycles. The number of aromatic nitrogens is 2. The minimum atomic E-state index is -0.317. The number of nitrogens with zero attached hydrogens (tertiary/aromatic N) is 2. The number of hydrogen-bond donors (Lipinski definition) is 2. The molecule has 1 heterocycles. The highest BCUT2D eigenvalue weighted by Crippen LogP contribution is 2.14. The summed E-state index contributed by atoms with van der Waals surface area (Å²) in [4.78, 5) is 39.9. The van der Waals surface area contributed by atoms with E-state index in [9.17, 15) is 14.4 Å². The number of halogens is 1. The van der Waals surface area contributed by atoms with E-state index < -0.39 is 0 Å². The van der Waals surface area contributed by atoms with Crippen LogP contribution in [0.25, 0.3) is 10.9 Å². The Kier molecular flexibility index (Phi) is 7.08. The molecule has 0 aliphatic rings. The SMILES string of the molecule is COCCNC(=O)CNC(=O)CCn1cnc2ccc(Br)cc2c1=O. The summed E-state index contributed by atoms with van der Waals surface area (Å²) in [5.41, 5.74) is 0.387. The molecule has 0 saturated carbocycles. The van der Waals surface area contributed by atoms with Gasteiger partial charge in [0.15, 0.2) is 0 Å². The van der Waals surface area contributed by atoms with Crippen LogP contribution >= 0.6 is 15.9 Å². The van der Waals surface area contributed by atoms with Gasteiger partial charge in [-0.15, -0.1) is 0 Å². The summed E-state index contributed by atoms with van der Waals surface area (Å²) < 4.78 is 6.98. The van der Waals surface area contributed by atoms with Gasteiger partial charge in [-0.2, -0.15) is 0 Å². The Labute approximate surface area is 152 Å². The topological polar surface area (TPSA) is 102 Å². The molecule has 134 valence electrons. The van der Waals surface area contributed by atoms with Crippen molar-refractivity contribution in [3.05, 3.63) is 39.4 Å². The summed E-state index contributed by atoms with van der Waals surface area (Å²) in [6.45, 7) is 0.873. The number of nitrogens with one attached hydrogen (secondary N) is 2. The first-order valence-corrected chi connectivity index (χ1v) is 8.47. The van der Waals surface area contributed by atoms with Gasteiger partial charge < -0.3 is 15.4 Å². The van der Waals surface area contributed by atoms with Crippen LogP contribution in [0.2, 0.25) is 0 Å². The Morgan fingerprint density at radius 2 is 2.08 bits per heavy atom. The number of carbonyl (C=O) groups is 2. The van der Waals surface area contributed by atoms with Crippen LogP contribution in [0.4, 0.5) is 0 Å². The molecule has 0 fully saturated rings. The largest absolute Gasteiger partial charge is 0.383 e. The van der Waals surface area contributed by atoms with E-state index in [4.69, 9.17) is 4.74 Å². The van der Waals surface area contributed by atoms with Crippen molar-refractivity contribution >= 4 is 38.6 Å². The summed E-state index contributed by atoms with van der Waals surface area (Å²) in [6.07, 6.45) is 1.50. The second-order valence-corrected chi connectivity index (χ2v) is 6.19. The van der Waals surface area contributed by atoms with Gasteiger partial charge >= 0.3 is 0 Å². The summed E-state index contributed by atoms with van der Waals surface area (Å²) in [6, 6.07) is 5.26. The van der Waals surface area contributed by atoms with E-state index in [1.54, 1.807) is 12.1 Å². The smallest absolute Gasteiger partial charge is 0.261 e. The lowest BCUT2D eigenvalue weighted by atomic mass is 10.2. The fourth-order valence-electron chi connectivity index (χ4n) is 2.13. The Morgan fingerprint density at radius 1 is 1.28 bits per heavy atom. The third-order valence-corrected chi connectivity index (χ3v) is 3.93. The highest BCUT2D eigenvalue weighted by Gasteiger charge is 2.08. The molecule has 1 aromatic heterocycles. The summed E-state index contributed by atoms with van der Waals surface area (Å²) in [7, 11) is 1.54. The number of methoxy groups -OCH3 is 1. The van der Waals surface area contributed by atoms with Gasteiger partial charge in [0, 0.05) is 31.1 Å². The summed E-state index contributed by atoms with van der Waals surface area (Å²) in [5, 5.41) is 5.59. The van der Waals surface area contributed by atoms with Gasteiger partial charge in [-0.05, 0) is 18.2 Å². The number of hydrogen-bond acceptors (Lipinski definition) is 5. The second kappa shape index (κ2) is 9.28. The number of ether oxygens (including phenoxy) is 1. The normalized spacial score (nSPS) is 10.6. The lowest BCUT2D eigenvalue weighted by Crippen LogP contribution is -2.38. The maximum atomic E-state index is 12.4. The second-order valence-electron chi connectivity index (χ2n) is 5.27. The van der Waals surface area contributed by atoms with Crippen LogP contribution in [0.5, 0.6) is 0 Å². The molecule has 1 aromatic carbocycles. The van der Waals surface area contributed by atoms with Crippen LogP contribution < -0.4 is 16.2 Å². The summed E-state index contributed by atoms with van der Waals surface area (Å²) in [5.74, 6) is -0.608. The zero-order chi connectivity index (χ0) is 18.2. The van der Waals surface area contributed by atoms with Crippen LogP contribution in [0.3, 0.4) is 0 Å². The molecule has 0 spiro atoms. The van der Waals surface area contributed by atoms with Crippen LogP contribution in [-0.2, 0) is 20.9 Å². The van der Waals surface area contributed by atoms with Crippen molar-refractivity contribution in [2.75, 3.05) is 26.8 Å². The quantitative estimate of drug-likeness (QED) is 0.614. The van der Waals surface area contributed by atoms with Crippen LogP contribution in [0.15, 0.2) is 33.8 Å². The summed E-state index contributed by atoms with van der Waals surface area (Å²) >= 11 is 3.32. The van der Waals surface area contributed by atoms with Crippen molar-refractivity contribution in [3.63, 3.8) is 0 Å². The zero-order valence-corrected chi connectivity index (χ0v) is 15.3. The number of aryl methyl sites for hydroxylation is 1. The number of rotatable bonds is 8. The Balaban J connectivity index is 1.87. The van der Waals surface area contributed by atoms with Crippen LogP contribution in [-0.4, -0.2) is 48.2 Å². The molecule has 0 unspecified atom stereocenters. The van der Waals surface area contributed by atoms with E-state index in [0.717, 1.165) is 4.47 Å². The van der Waals surface area contributed by atoms with Crippen LogP contribution in [0.1, 0.15) is 6.42 Å². The van der Waals surface area contributed by atoms with Crippen molar-refractivity contribution in [2.45, 2.75) is 13.0 Å². The maximum Gasteiger partial charge on any atom is 0.261 e. The van der Waals surface area contributed by atoms with Gasteiger partial charge in [0.25, 0.3) is 5.56 Å². The molecular formula is C16H19BrN4O4. The van der Waals surface area contributed by atoms with Gasteiger partial charge in [0.2, 0.25) is 11.8 Å². The lowest BCUT2D eigenvalue weighted by molar-refractivity contribution is -0.126. The molecule has 2 N–H and O–H groups in total. The predicted molar refractivity (Wildman–Crippen MR) is 96.2 cm³/mol. The van der Waals surface area contributed by atoms with Crippen molar-refractivity contribution in [2.24, 2.45) is 0 Å². The first-order valence-electron chi connectivity index (χ1n) is 7.68. The highest BCUT2D eigenvalue weighted by molar-refractivity contribution is 9.10. The zero-order valence-electron chi connectivity index (χ0n) is 13.8. The van der Waals surface area contributed by atoms with Gasteiger partial charge in [-0.1, -0.05) is 15.9 Å². The minimum Gasteiger partial charge on any atom is -0.383 e. The first-order chi connectivity index (χ1) is 12.0. The molecule has 2 aromatic rings. The van der Waals surface area contributed by atoms with Crippen molar-refractivity contribution < 1.29 is 14.3 Å². The van der Waals surface area contributed by atoms with Gasteiger partial charge in [-0.3, -0.25) is 19.0 Å². The van der Waals surface area contributed by atoms with E-state index in [-0.39, 0.29) is 36.9 Å². The lowest BCUT2D eigenvalue weighted by Gasteiger charge is -2.08. The molecule has 2 rings (SSSR count). The fraction of sp³-hybridized carbons (Fsp3) is 0.375. The average Bonchev–Trinajstić information content (AvgIpc) is 2.60. The Hall–Kier alpha value is -2.26. The molecule has 0 aliphatic carbocycles. The molecule has 0 saturated heterocycles. The van der Waals surface area contributed by atoms with Crippen molar-refractivity contribution in [3.8, 4) is 0 Å².